The molecule has 0 fully saturated rings. The second-order valence-corrected chi connectivity index (χ2v) is 3.38. The van der Waals surface area contributed by atoms with E-state index in [-0.39, 0.29) is 19.6 Å². The first-order valence-electron chi connectivity index (χ1n) is 3.88. The maximum atomic E-state index is 9.30. The van der Waals surface area contributed by atoms with E-state index in [1.54, 1.807) is 23.0 Å². The predicted molar refractivity (Wildman–Crippen MR) is 54.5 cm³/mol. The van der Waals surface area contributed by atoms with Crippen LogP contribution in [0.15, 0.2) is 0 Å². The Balaban J connectivity index is 3.64. The molecule has 0 saturated heterocycles. The first kappa shape index (κ1) is 13.5. The molecule has 2 unspecified atom stereocenters. The lowest BCUT2D eigenvalue weighted by Gasteiger charge is -2.19. The maximum absolute atomic E-state index is 9.30. The van der Waals surface area contributed by atoms with Gasteiger partial charge in [-0.3, -0.25) is 0 Å². The lowest BCUT2D eigenvalue weighted by molar-refractivity contribution is -0.0484. The minimum atomic E-state index is -0.985. The summed E-state index contributed by atoms with van der Waals surface area (Å²) in [5.41, 5.74) is 0. The van der Waals surface area contributed by atoms with Gasteiger partial charge in [0.15, 0.2) is 0 Å². The van der Waals surface area contributed by atoms with Crippen molar-refractivity contribution >= 4 is 23.0 Å². The molecule has 0 rings (SSSR count). The third-order valence-corrected chi connectivity index (χ3v) is 1.91. The summed E-state index contributed by atoms with van der Waals surface area (Å²) in [5, 5.41) is 27.7. The van der Waals surface area contributed by atoms with Crippen molar-refractivity contribution in [2.45, 2.75) is 24.7 Å². The van der Waals surface area contributed by atoms with Gasteiger partial charge in [-0.1, -0.05) is 0 Å². The summed E-state index contributed by atoms with van der Waals surface area (Å²) in [6.45, 7) is 0.191. The molecule has 0 aromatic heterocycles. The molecular formula is C7H15IO5. The zero-order chi connectivity index (χ0) is 10.3. The van der Waals surface area contributed by atoms with Crippen molar-refractivity contribution in [3.8, 4) is 0 Å². The Kier molecular flexibility index (Phi) is 8.21. The molecule has 0 heterocycles. The average molecular weight is 306 g/mol. The monoisotopic (exact) mass is 306 g/mol. The molecule has 80 valence electrons. The van der Waals surface area contributed by atoms with E-state index in [9.17, 15) is 15.3 Å². The van der Waals surface area contributed by atoms with Crippen molar-refractivity contribution in [3.05, 3.63) is 0 Å². The lowest BCUT2D eigenvalue weighted by atomic mass is 10.1. The highest BCUT2D eigenvalue weighted by Gasteiger charge is 2.19. The fraction of sp³-hybridized carbons (Fsp3) is 1.00. The maximum Gasteiger partial charge on any atom is 0.109 e. The number of rotatable bonds is 7. The molecule has 0 aromatic carbocycles. The summed E-state index contributed by atoms with van der Waals surface area (Å²) in [6.07, 6.45) is -2.64. The first-order valence-corrected chi connectivity index (χ1v) is 4.76. The number of aliphatic hydroxyl groups is 3. The molecule has 3 atom stereocenters. The molecule has 0 amide bonds. The standard InChI is InChI=1S/C7H15IO5/c1-12-4-7(11)6(10)2-5(9)3-13-8/h5-7,9-11H,2-4H2,1H3/t5-,6?,7?/m0/s1. The van der Waals surface area contributed by atoms with E-state index in [1.807, 2.05) is 0 Å². The summed E-state index contributed by atoms with van der Waals surface area (Å²) in [7, 11) is 1.43. The quantitative estimate of drug-likeness (QED) is 0.551. The van der Waals surface area contributed by atoms with Crippen LogP contribution in [-0.4, -0.2) is 54.0 Å². The van der Waals surface area contributed by atoms with Crippen LogP contribution in [0.5, 0.6) is 0 Å². The minimum absolute atomic E-state index is 0.0545. The summed E-state index contributed by atoms with van der Waals surface area (Å²) in [5.74, 6) is 0. The Morgan fingerprint density at radius 1 is 1.15 bits per heavy atom. The molecule has 0 aliphatic heterocycles. The summed E-state index contributed by atoms with van der Waals surface area (Å²) in [4.78, 5) is 0. The summed E-state index contributed by atoms with van der Waals surface area (Å²) < 4.78 is 9.28. The Bertz CT molecular complexity index is 123. The number of ether oxygens (including phenoxy) is 1. The van der Waals surface area contributed by atoms with E-state index in [2.05, 4.69) is 7.80 Å². The fourth-order valence-electron chi connectivity index (χ4n) is 0.858. The van der Waals surface area contributed by atoms with Crippen LogP contribution >= 0.6 is 23.0 Å². The van der Waals surface area contributed by atoms with Gasteiger partial charge in [-0.05, 0) is 0 Å². The third-order valence-electron chi connectivity index (χ3n) is 1.55. The molecule has 0 spiro atoms. The van der Waals surface area contributed by atoms with Crippen LogP contribution in [0.25, 0.3) is 0 Å². The number of aliphatic hydroxyl groups excluding tert-OH is 3. The van der Waals surface area contributed by atoms with E-state index >= 15 is 0 Å². The Morgan fingerprint density at radius 3 is 2.23 bits per heavy atom. The lowest BCUT2D eigenvalue weighted by Crippen LogP contribution is -2.34. The van der Waals surface area contributed by atoms with Crippen LogP contribution in [0.4, 0.5) is 0 Å². The van der Waals surface area contributed by atoms with Crippen LogP contribution in [0, 0.1) is 0 Å². The molecule has 0 radical (unpaired) electrons. The van der Waals surface area contributed by atoms with Gasteiger partial charge in [0.25, 0.3) is 0 Å². The van der Waals surface area contributed by atoms with Gasteiger partial charge in [-0.2, -0.15) is 0 Å². The largest absolute Gasteiger partial charge is 0.391 e. The SMILES string of the molecule is COCC(O)C(O)C[C@H](O)COI. The minimum Gasteiger partial charge on any atom is -0.391 e. The van der Waals surface area contributed by atoms with Gasteiger partial charge in [0.2, 0.25) is 0 Å². The van der Waals surface area contributed by atoms with E-state index in [0.29, 0.717) is 0 Å². The third kappa shape index (κ3) is 6.58. The van der Waals surface area contributed by atoms with Crippen molar-refractivity contribution in [2.24, 2.45) is 0 Å². The molecular weight excluding hydrogens is 291 g/mol. The Morgan fingerprint density at radius 2 is 1.77 bits per heavy atom. The van der Waals surface area contributed by atoms with Crippen molar-refractivity contribution in [1.29, 1.82) is 0 Å². The van der Waals surface area contributed by atoms with Crippen LogP contribution < -0.4 is 0 Å². The van der Waals surface area contributed by atoms with Crippen LogP contribution in [-0.2, 0) is 7.80 Å². The number of methoxy groups -OCH3 is 1. The molecule has 0 aromatic rings. The highest BCUT2D eigenvalue weighted by atomic mass is 127. The second-order valence-electron chi connectivity index (χ2n) is 2.76. The first-order chi connectivity index (χ1) is 6.11. The molecule has 13 heavy (non-hydrogen) atoms. The van der Waals surface area contributed by atoms with Crippen molar-refractivity contribution in [2.75, 3.05) is 20.3 Å². The number of hydrogen-bond acceptors (Lipinski definition) is 5. The zero-order valence-corrected chi connectivity index (χ0v) is 9.55. The Hall–Kier alpha value is 0.530. The van der Waals surface area contributed by atoms with Gasteiger partial charge in [0.1, 0.15) is 29.1 Å². The van der Waals surface area contributed by atoms with Crippen molar-refractivity contribution in [1.82, 2.24) is 0 Å². The Labute approximate surface area is 91.4 Å². The topological polar surface area (TPSA) is 79.2 Å². The zero-order valence-electron chi connectivity index (χ0n) is 7.39. The van der Waals surface area contributed by atoms with Crippen LogP contribution in [0.2, 0.25) is 0 Å². The van der Waals surface area contributed by atoms with Crippen molar-refractivity contribution < 1.29 is 23.1 Å². The van der Waals surface area contributed by atoms with Gasteiger partial charge >= 0.3 is 0 Å². The second kappa shape index (κ2) is 7.89. The van der Waals surface area contributed by atoms with Gasteiger partial charge in [-0.15, -0.1) is 0 Å². The molecule has 3 N–H and O–H groups in total. The van der Waals surface area contributed by atoms with Crippen molar-refractivity contribution in [3.63, 3.8) is 0 Å². The van der Waals surface area contributed by atoms with Gasteiger partial charge in [0.05, 0.1) is 25.4 Å². The van der Waals surface area contributed by atoms with Gasteiger partial charge < -0.3 is 23.1 Å². The summed E-state index contributed by atoms with van der Waals surface area (Å²) in [6, 6.07) is 0. The smallest absolute Gasteiger partial charge is 0.109 e. The van der Waals surface area contributed by atoms with Crippen LogP contribution in [0.1, 0.15) is 6.42 Å². The molecule has 5 nitrogen and oxygen atoms in total. The normalized spacial score (nSPS) is 18.2. The molecule has 0 bridgehead atoms. The molecule has 6 heteroatoms. The van der Waals surface area contributed by atoms with Crippen LogP contribution in [0.3, 0.4) is 0 Å². The number of hydrogen-bond donors (Lipinski definition) is 3. The van der Waals surface area contributed by atoms with Gasteiger partial charge in [0, 0.05) is 13.5 Å². The van der Waals surface area contributed by atoms with E-state index < -0.39 is 18.3 Å². The van der Waals surface area contributed by atoms with E-state index in [4.69, 9.17) is 0 Å². The molecule has 0 aliphatic rings. The molecule has 0 saturated carbocycles. The fourth-order valence-corrected chi connectivity index (χ4v) is 1.27. The molecule has 0 aliphatic carbocycles. The average Bonchev–Trinajstić information content (AvgIpc) is 2.05. The highest BCUT2D eigenvalue weighted by Crippen LogP contribution is 2.05. The van der Waals surface area contributed by atoms with E-state index in [0.717, 1.165) is 0 Å². The summed E-state index contributed by atoms with van der Waals surface area (Å²) >= 11 is 1.65. The predicted octanol–water partition coefficient (Wildman–Crippen LogP) is -0.528. The van der Waals surface area contributed by atoms with E-state index in [1.165, 1.54) is 7.11 Å². The number of halogens is 1. The highest BCUT2D eigenvalue weighted by molar-refractivity contribution is 14.1. The van der Waals surface area contributed by atoms with Gasteiger partial charge in [-0.25, -0.2) is 0 Å².